The second-order valence-electron chi connectivity index (χ2n) is 7.92. The van der Waals surface area contributed by atoms with E-state index in [1.54, 1.807) is 25.1 Å². The van der Waals surface area contributed by atoms with Crippen molar-refractivity contribution in [1.29, 1.82) is 0 Å². The number of anilines is 1. The molecule has 0 unspecified atom stereocenters. The third-order valence-corrected chi connectivity index (χ3v) is 6.33. The van der Waals surface area contributed by atoms with Crippen molar-refractivity contribution in [2.75, 3.05) is 4.90 Å². The molecule has 1 aliphatic rings. The third kappa shape index (κ3) is 5.20. The third-order valence-electron chi connectivity index (χ3n) is 5.42. The van der Waals surface area contributed by atoms with Crippen molar-refractivity contribution in [2.45, 2.75) is 20.5 Å². The summed E-state index contributed by atoms with van der Waals surface area (Å²) in [5, 5.41) is 3.06. The second-order valence-corrected chi connectivity index (χ2v) is 9.17. The summed E-state index contributed by atoms with van der Waals surface area (Å²) in [5.41, 5.74) is 2.81. The largest absolute Gasteiger partial charge is 0.487 e. The average Bonchev–Trinajstić information content (AvgIpc) is 2.79. The predicted molar refractivity (Wildman–Crippen MR) is 137 cm³/mol. The van der Waals surface area contributed by atoms with Gasteiger partial charge in [-0.25, -0.2) is 9.69 Å². The Labute approximate surface area is 217 Å². The summed E-state index contributed by atoms with van der Waals surface area (Å²) in [4.78, 5) is 39.4. The van der Waals surface area contributed by atoms with Crippen molar-refractivity contribution >= 4 is 64.4 Å². The highest BCUT2D eigenvalue weighted by Gasteiger charge is 2.38. The van der Waals surface area contributed by atoms with Crippen LogP contribution < -0.4 is 15.0 Å². The van der Waals surface area contributed by atoms with Gasteiger partial charge in [0.05, 0.1) is 10.7 Å². The molecule has 178 valence electrons. The molecule has 0 aliphatic carbocycles. The maximum atomic E-state index is 13.3. The Morgan fingerprint density at radius 3 is 2.37 bits per heavy atom. The molecule has 9 heteroatoms. The van der Waals surface area contributed by atoms with Crippen LogP contribution >= 0.6 is 34.8 Å². The maximum absolute atomic E-state index is 13.3. The fraction of sp³-hybridized carbons (Fsp3) is 0.115. The summed E-state index contributed by atoms with van der Waals surface area (Å²) in [6, 6.07) is 14.7. The van der Waals surface area contributed by atoms with Crippen LogP contribution in [-0.2, 0) is 16.2 Å². The average molecular weight is 530 g/mol. The Bertz CT molecular complexity index is 1380. The van der Waals surface area contributed by atoms with Gasteiger partial charge in [0.25, 0.3) is 11.8 Å². The summed E-state index contributed by atoms with van der Waals surface area (Å²) < 4.78 is 5.95. The Hall–Kier alpha value is -3.32. The van der Waals surface area contributed by atoms with Crippen LogP contribution in [0.15, 0.2) is 60.2 Å². The number of amides is 4. The van der Waals surface area contributed by atoms with Gasteiger partial charge in [0, 0.05) is 15.6 Å². The van der Waals surface area contributed by atoms with E-state index in [2.05, 4.69) is 5.32 Å². The van der Waals surface area contributed by atoms with Crippen molar-refractivity contribution in [2.24, 2.45) is 0 Å². The number of imide groups is 2. The number of barbiturate groups is 1. The first kappa shape index (κ1) is 24.8. The standard InChI is InChI=1S/C26H19Cl3N2O4/c1-14-6-8-16(9-7-14)13-35-23-17(10-18(27)12-21(23)29)11-19-24(32)30-26(34)31(25(19)33)22-5-3-4-20(28)15(22)2/h3-12H,13H2,1-2H3,(H,30,32,34)/b19-11+. The van der Waals surface area contributed by atoms with E-state index in [9.17, 15) is 14.4 Å². The molecule has 4 rings (SSSR count). The lowest BCUT2D eigenvalue weighted by Gasteiger charge is -2.28. The monoisotopic (exact) mass is 528 g/mol. The minimum atomic E-state index is -0.873. The molecule has 0 atom stereocenters. The fourth-order valence-corrected chi connectivity index (χ4v) is 4.28. The molecule has 1 N–H and O–H groups in total. The molecule has 0 bridgehead atoms. The lowest BCUT2D eigenvalue weighted by Crippen LogP contribution is -2.54. The quantitative estimate of drug-likeness (QED) is 0.302. The minimum absolute atomic E-state index is 0.199. The highest BCUT2D eigenvalue weighted by atomic mass is 35.5. The van der Waals surface area contributed by atoms with E-state index in [4.69, 9.17) is 39.5 Å². The number of ether oxygens (including phenoxy) is 1. The van der Waals surface area contributed by atoms with Gasteiger partial charge < -0.3 is 4.74 Å². The molecular formula is C26H19Cl3N2O4. The molecule has 1 fully saturated rings. The Balaban J connectivity index is 1.73. The van der Waals surface area contributed by atoms with Crippen LogP contribution in [0.25, 0.3) is 6.08 Å². The Kier molecular flexibility index (Phi) is 7.17. The van der Waals surface area contributed by atoms with E-state index in [0.29, 0.717) is 16.1 Å². The predicted octanol–water partition coefficient (Wildman–Crippen LogP) is 6.51. The van der Waals surface area contributed by atoms with Crippen molar-refractivity contribution < 1.29 is 19.1 Å². The zero-order valence-electron chi connectivity index (χ0n) is 18.7. The topological polar surface area (TPSA) is 75.7 Å². The number of rotatable bonds is 5. The minimum Gasteiger partial charge on any atom is -0.487 e. The summed E-state index contributed by atoms with van der Waals surface area (Å²) in [6.07, 6.45) is 1.30. The number of benzene rings is 3. The van der Waals surface area contributed by atoms with Crippen molar-refractivity contribution in [3.63, 3.8) is 0 Å². The van der Waals surface area contributed by atoms with Crippen LogP contribution in [0.5, 0.6) is 5.75 Å². The highest BCUT2D eigenvalue weighted by Crippen LogP contribution is 2.36. The number of hydrogen-bond donors (Lipinski definition) is 1. The van der Waals surface area contributed by atoms with Gasteiger partial charge in [0.1, 0.15) is 17.9 Å². The van der Waals surface area contributed by atoms with Crippen molar-refractivity contribution in [3.05, 3.63) is 97.5 Å². The molecule has 0 saturated carbocycles. The van der Waals surface area contributed by atoms with Gasteiger partial charge in [0.2, 0.25) is 0 Å². The van der Waals surface area contributed by atoms with E-state index in [-0.39, 0.29) is 33.7 Å². The van der Waals surface area contributed by atoms with Gasteiger partial charge in [0.15, 0.2) is 0 Å². The lowest BCUT2D eigenvalue weighted by molar-refractivity contribution is -0.122. The number of hydrogen-bond acceptors (Lipinski definition) is 4. The Morgan fingerprint density at radius 2 is 1.66 bits per heavy atom. The van der Waals surface area contributed by atoms with Crippen LogP contribution in [0, 0.1) is 13.8 Å². The number of halogens is 3. The van der Waals surface area contributed by atoms with Crippen molar-refractivity contribution in [3.8, 4) is 5.75 Å². The molecule has 1 saturated heterocycles. The number of nitrogens with one attached hydrogen (secondary N) is 1. The first-order chi connectivity index (χ1) is 16.7. The van der Waals surface area contributed by atoms with Crippen LogP contribution in [0.2, 0.25) is 15.1 Å². The van der Waals surface area contributed by atoms with Crippen LogP contribution in [0.1, 0.15) is 22.3 Å². The molecule has 0 radical (unpaired) electrons. The summed E-state index contributed by atoms with van der Waals surface area (Å²) in [5.74, 6) is -1.42. The first-order valence-electron chi connectivity index (χ1n) is 10.5. The van der Waals surface area contributed by atoms with Crippen molar-refractivity contribution in [1.82, 2.24) is 5.32 Å². The van der Waals surface area contributed by atoms with Gasteiger partial charge in [-0.15, -0.1) is 0 Å². The Morgan fingerprint density at radius 1 is 0.943 bits per heavy atom. The molecule has 1 aliphatic heterocycles. The second kappa shape index (κ2) is 10.1. The number of nitrogens with zero attached hydrogens (tertiary/aromatic N) is 1. The van der Waals surface area contributed by atoms with Gasteiger partial charge in [-0.1, -0.05) is 70.7 Å². The van der Waals surface area contributed by atoms with E-state index < -0.39 is 17.8 Å². The van der Waals surface area contributed by atoms with E-state index >= 15 is 0 Å². The van der Waals surface area contributed by atoms with E-state index in [1.165, 1.54) is 18.2 Å². The highest BCUT2D eigenvalue weighted by molar-refractivity contribution is 6.40. The van der Waals surface area contributed by atoms with Crippen LogP contribution in [0.4, 0.5) is 10.5 Å². The zero-order chi connectivity index (χ0) is 25.3. The molecule has 6 nitrogen and oxygen atoms in total. The van der Waals surface area contributed by atoms with Crippen LogP contribution in [0.3, 0.4) is 0 Å². The molecule has 1 heterocycles. The molecule has 3 aromatic rings. The number of carbonyl (C=O) groups excluding carboxylic acids is 3. The number of aryl methyl sites for hydroxylation is 1. The van der Waals surface area contributed by atoms with E-state index in [0.717, 1.165) is 16.0 Å². The summed E-state index contributed by atoms with van der Waals surface area (Å²) in [7, 11) is 0. The first-order valence-corrected chi connectivity index (χ1v) is 11.6. The summed E-state index contributed by atoms with van der Waals surface area (Å²) >= 11 is 18.8. The lowest BCUT2D eigenvalue weighted by atomic mass is 10.0. The maximum Gasteiger partial charge on any atom is 0.335 e. The zero-order valence-corrected chi connectivity index (χ0v) is 21.0. The SMILES string of the molecule is Cc1ccc(COc2c(Cl)cc(Cl)cc2/C=C2\C(=O)NC(=O)N(c3cccc(Cl)c3C)C2=O)cc1. The number of carbonyl (C=O) groups is 3. The molecular weight excluding hydrogens is 511 g/mol. The molecule has 4 amide bonds. The molecule has 0 spiro atoms. The van der Waals surface area contributed by atoms with Gasteiger partial charge in [-0.2, -0.15) is 0 Å². The summed E-state index contributed by atoms with van der Waals surface area (Å²) in [6.45, 7) is 3.85. The smallest absolute Gasteiger partial charge is 0.335 e. The van der Waals surface area contributed by atoms with Gasteiger partial charge >= 0.3 is 6.03 Å². The molecule has 0 aromatic heterocycles. The fourth-order valence-electron chi connectivity index (χ4n) is 3.55. The van der Waals surface area contributed by atoms with Crippen LogP contribution in [-0.4, -0.2) is 17.8 Å². The molecule has 35 heavy (non-hydrogen) atoms. The molecule has 3 aromatic carbocycles. The number of urea groups is 1. The van der Waals surface area contributed by atoms with Gasteiger partial charge in [-0.3, -0.25) is 14.9 Å². The normalized spacial score (nSPS) is 14.9. The van der Waals surface area contributed by atoms with Gasteiger partial charge in [-0.05, 0) is 55.3 Å². The van der Waals surface area contributed by atoms with E-state index in [1.807, 2.05) is 31.2 Å².